The Morgan fingerprint density at radius 2 is 1.45 bits per heavy atom. The van der Waals surface area contributed by atoms with Crippen molar-refractivity contribution in [2.45, 2.75) is 50.7 Å². The van der Waals surface area contributed by atoms with Gasteiger partial charge >= 0.3 is 12.1 Å². The zero-order valence-corrected chi connectivity index (χ0v) is 23.2. The van der Waals surface area contributed by atoms with Gasteiger partial charge < -0.3 is 20.5 Å². The number of nitrogens with one attached hydrogen (secondary N) is 2. The summed E-state index contributed by atoms with van der Waals surface area (Å²) in [5.74, 6) is -1.80. The number of aliphatic carboxylic acids is 1. The van der Waals surface area contributed by atoms with Gasteiger partial charge in [-0.1, -0.05) is 92.7 Å². The van der Waals surface area contributed by atoms with Crippen LogP contribution in [-0.2, 0) is 20.9 Å². The van der Waals surface area contributed by atoms with Crippen LogP contribution in [0.1, 0.15) is 49.3 Å². The molecule has 0 radical (unpaired) electrons. The van der Waals surface area contributed by atoms with Gasteiger partial charge in [0, 0.05) is 19.0 Å². The normalized spacial score (nSPS) is 13.3. The fourth-order valence-corrected chi connectivity index (χ4v) is 5.39. The molecule has 4 rings (SSSR count). The van der Waals surface area contributed by atoms with Crippen molar-refractivity contribution in [3.05, 3.63) is 95.6 Å². The largest absolute Gasteiger partial charge is 0.480 e. The molecule has 0 heterocycles. The van der Waals surface area contributed by atoms with E-state index in [2.05, 4.69) is 22.8 Å². The number of carbonyl (C=O) groups is 3. The molecular formula is C32H37N3O5. The number of fused-ring (bicyclic) bond motifs is 3. The average molecular weight is 544 g/mol. The van der Waals surface area contributed by atoms with Crippen molar-refractivity contribution in [3.8, 4) is 11.1 Å². The first-order valence-electron chi connectivity index (χ1n) is 13.7. The maximum atomic E-state index is 13.4. The molecule has 0 spiro atoms. The Bertz CT molecular complexity index is 1290. The first kappa shape index (κ1) is 28.8. The predicted molar refractivity (Wildman–Crippen MR) is 154 cm³/mol. The molecular weight excluding hydrogens is 506 g/mol. The summed E-state index contributed by atoms with van der Waals surface area (Å²) in [7, 11) is 1.80. The number of hydrogen-bond acceptors (Lipinski definition) is 5. The lowest BCUT2D eigenvalue weighted by atomic mass is 9.91. The number of nitrogens with zero attached hydrogens (tertiary/aromatic N) is 1. The Morgan fingerprint density at radius 1 is 0.900 bits per heavy atom. The Balaban J connectivity index is 1.40. The van der Waals surface area contributed by atoms with Gasteiger partial charge in [0.15, 0.2) is 0 Å². The molecule has 8 heteroatoms. The molecule has 3 aromatic carbocycles. The van der Waals surface area contributed by atoms with E-state index in [1.165, 1.54) is 0 Å². The van der Waals surface area contributed by atoms with E-state index in [4.69, 9.17) is 4.74 Å². The Labute approximate surface area is 235 Å². The van der Waals surface area contributed by atoms with Gasteiger partial charge in [-0.05, 0) is 47.7 Å². The molecule has 1 aliphatic carbocycles. The van der Waals surface area contributed by atoms with Gasteiger partial charge in [0.1, 0.15) is 18.2 Å². The minimum absolute atomic E-state index is 0.102. The van der Waals surface area contributed by atoms with E-state index in [9.17, 15) is 19.5 Å². The maximum Gasteiger partial charge on any atom is 0.408 e. The van der Waals surface area contributed by atoms with Crippen molar-refractivity contribution < 1.29 is 24.2 Å². The molecule has 3 N–H and O–H groups in total. The zero-order valence-electron chi connectivity index (χ0n) is 23.2. The van der Waals surface area contributed by atoms with Crippen molar-refractivity contribution in [1.29, 1.82) is 0 Å². The molecule has 0 aliphatic heterocycles. The zero-order chi connectivity index (χ0) is 28.7. The van der Waals surface area contributed by atoms with E-state index in [1.807, 2.05) is 71.6 Å². The van der Waals surface area contributed by atoms with E-state index >= 15 is 0 Å². The topological polar surface area (TPSA) is 108 Å². The number of amides is 2. The summed E-state index contributed by atoms with van der Waals surface area (Å²) in [5, 5.41) is 15.3. The Hall–Kier alpha value is -4.17. The highest BCUT2D eigenvalue weighted by Crippen LogP contribution is 2.44. The highest BCUT2D eigenvalue weighted by Gasteiger charge is 2.39. The van der Waals surface area contributed by atoms with Crippen LogP contribution in [0.5, 0.6) is 0 Å². The molecule has 1 aliphatic rings. The van der Waals surface area contributed by atoms with Crippen molar-refractivity contribution in [2.24, 2.45) is 0 Å². The first-order valence-corrected chi connectivity index (χ1v) is 13.7. The number of alkyl carbamates (subject to hydrolysis) is 1. The van der Waals surface area contributed by atoms with Crippen LogP contribution in [0.3, 0.4) is 0 Å². The number of likely N-dealkylation sites (N-methyl/N-ethyl adjacent to an activating group) is 1. The Morgan fingerprint density at radius 3 is 2.00 bits per heavy atom. The molecule has 8 nitrogen and oxygen atoms in total. The van der Waals surface area contributed by atoms with Crippen molar-refractivity contribution in [1.82, 2.24) is 15.5 Å². The van der Waals surface area contributed by atoms with Crippen LogP contribution in [0.2, 0.25) is 0 Å². The number of hydrogen-bond donors (Lipinski definition) is 3. The number of benzene rings is 3. The third-order valence-corrected chi connectivity index (χ3v) is 7.72. The minimum Gasteiger partial charge on any atom is -0.480 e. The SMILES string of the molecule is CCC(CC)(NC(=O)OCC1c2ccccc2-c2ccccc21)C(=O)NC(CN(C)Cc1ccccc1)C(=O)O. The summed E-state index contributed by atoms with van der Waals surface area (Å²) in [5.41, 5.74) is 4.16. The van der Waals surface area contributed by atoms with Crippen LogP contribution in [-0.4, -0.2) is 59.8 Å². The van der Waals surface area contributed by atoms with E-state index in [0.717, 1.165) is 27.8 Å². The summed E-state index contributed by atoms with van der Waals surface area (Å²) in [6.45, 7) is 4.32. The van der Waals surface area contributed by atoms with Crippen molar-refractivity contribution in [2.75, 3.05) is 20.2 Å². The molecule has 1 unspecified atom stereocenters. The molecule has 0 saturated carbocycles. The lowest BCUT2D eigenvalue weighted by Gasteiger charge is -2.33. The fraction of sp³-hybridized carbons (Fsp3) is 0.344. The van der Waals surface area contributed by atoms with Crippen LogP contribution in [0.4, 0.5) is 4.79 Å². The predicted octanol–water partition coefficient (Wildman–Crippen LogP) is 4.79. The fourth-order valence-electron chi connectivity index (χ4n) is 5.39. The molecule has 40 heavy (non-hydrogen) atoms. The molecule has 0 saturated heterocycles. The second-order valence-corrected chi connectivity index (χ2v) is 10.3. The lowest BCUT2D eigenvalue weighted by molar-refractivity contribution is -0.143. The highest BCUT2D eigenvalue weighted by molar-refractivity contribution is 5.92. The maximum absolute atomic E-state index is 13.4. The van der Waals surface area contributed by atoms with Gasteiger partial charge in [-0.3, -0.25) is 9.69 Å². The molecule has 210 valence electrons. The van der Waals surface area contributed by atoms with E-state index in [-0.39, 0.29) is 31.9 Å². The molecule has 1 atom stereocenters. The summed E-state index contributed by atoms with van der Waals surface area (Å²) in [4.78, 5) is 40.4. The summed E-state index contributed by atoms with van der Waals surface area (Å²) >= 11 is 0. The number of carboxylic acids is 1. The number of carbonyl (C=O) groups excluding carboxylic acids is 2. The third kappa shape index (κ3) is 6.34. The van der Waals surface area contributed by atoms with Gasteiger partial charge in [-0.25, -0.2) is 9.59 Å². The van der Waals surface area contributed by atoms with Crippen LogP contribution in [0.25, 0.3) is 11.1 Å². The smallest absolute Gasteiger partial charge is 0.408 e. The van der Waals surface area contributed by atoms with Gasteiger partial charge in [0.2, 0.25) is 5.91 Å². The molecule has 0 aromatic heterocycles. The second-order valence-electron chi connectivity index (χ2n) is 10.3. The summed E-state index contributed by atoms with van der Waals surface area (Å²) in [6, 6.07) is 24.7. The summed E-state index contributed by atoms with van der Waals surface area (Å²) in [6.07, 6.45) is -0.175. The van der Waals surface area contributed by atoms with Crippen LogP contribution in [0, 0.1) is 0 Å². The number of ether oxygens (including phenoxy) is 1. The number of carboxylic acid groups (broad SMARTS) is 1. The monoisotopic (exact) mass is 543 g/mol. The second kappa shape index (κ2) is 12.8. The van der Waals surface area contributed by atoms with Gasteiger partial charge in [0.25, 0.3) is 0 Å². The van der Waals surface area contributed by atoms with Crippen LogP contribution in [0.15, 0.2) is 78.9 Å². The standard InChI is InChI=1S/C32H37N3O5/c1-4-32(5-2,30(38)33-28(29(36)37)20-35(3)19-22-13-7-6-8-14-22)34-31(39)40-21-27-25-17-11-9-15-23(25)24-16-10-12-18-26(24)27/h6-18,27-28H,4-5,19-21H2,1-3H3,(H,33,38)(H,34,39)(H,36,37). The minimum atomic E-state index is -1.31. The van der Waals surface area contributed by atoms with E-state index < -0.39 is 29.6 Å². The number of rotatable bonds is 12. The van der Waals surface area contributed by atoms with Crippen LogP contribution < -0.4 is 10.6 Å². The molecule has 2 amide bonds. The van der Waals surface area contributed by atoms with E-state index in [1.54, 1.807) is 20.9 Å². The van der Waals surface area contributed by atoms with E-state index in [0.29, 0.717) is 6.54 Å². The van der Waals surface area contributed by atoms with Gasteiger partial charge in [-0.2, -0.15) is 0 Å². The van der Waals surface area contributed by atoms with Gasteiger partial charge in [0.05, 0.1) is 0 Å². The first-order chi connectivity index (χ1) is 19.3. The average Bonchev–Trinajstić information content (AvgIpc) is 3.28. The Kier molecular flexibility index (Phi) is 9.22. The lowest BCUT2D eigenvalue weighted by Crippen LogP contribution is -2.62. The molecule has 0 bridgehead atoms. The quantitative estimate of drug-likeness (QED) is 0.303. The molecule has 0 fully saturated rings. The summed E-state index contributed by atoms with van der Waals surface area (Å²) < 4.78 is 5.68. The van der Waals surface area contributed by atoms with Crippen molar-refractivity contribution in [3.63, 3.8) is 0 Å². The van der Waals surface area contributed by atoms with Gasteiger partial charge in [-0.15, -0.1) is 0 Å². The highest BCUT2D eigenvalue weighted by atomic mass is 16.5. The molecule has 3 aromatic rings. The van der Waals surface area contributed by atoms with Crippen LogP contribution >= 0.6 is 0 Å². The van der Waals surface area contributed by atoms with Crippen molar-refractivity contribution >= 4 is 18.0 Å². The third-order valence-electron chi connectivity index (χ3n) is 7.72.